The molecule has 2 aromatic rings. The number of hydrogen-bond donors (Lipinski definition) is 1. The van der Waals surface area contributed by atoms with Gasteiger partial charge in [-0.3, -0.25) is 23.6 Å². The van der Waals surface area contributed by atoms with Gasteiger partial charge in [0.05, 0.1) is 30.9 Å². The van der Waals surface area contributed by atoms with Crippen molar-refractivity contribution in [3.8, 4) is 0 Å². The van der Waals surface area contributed by atoms with E-state index in [0.29, 0.717) is 39.4 Å². The minimum Gasteiger partial charge on any atom is -0.379 e. The Morgan fingerprint density at radius 2 is 1.80 bits per heavy atom. The van der Waals surface area contributed by atoms with Gasteiger partial charge in [-0.25, -0.2) is 4.79 Å². The molecule has 3 rings (SSSR count). The van der Waals surface area contributed by atoms with Gasteiger partial charge >= 0.3 is 5.69 Å². The summed E-state index contributed by atoms with van der Waals surface area (Å²) in [5.41, 5.74) is 7.69. The van der Waals surface area contributed by atoms with Gasteiger partial charge in [-0.1, -0.05) is 12.1 Å². The number of imidazole rings is 1. The van der Waals surface area contributed by atoms with E-state index in [1.807, 2.05) is 18.2 Å². The second-order valence-electron chi connectivity index (χ2n) is 7.46. The Morgan fingerprint density at radius 1 is 1.07 bits per heavy atom. The number of likely N-dealkylation sites (N-methyl/N-ethyl adjacent to an activating group) is 1. The largest absolute Gasteiger partial charge is 0.379 e. The number of rotatable bonds is 10. The molecular weight excluding hydrogens is 388 g/mol. The molecule has 0 spiro atoms. The maximum atomic E-state index is 13.0. The summed E-state index contributed by atoms with van der Waals surface area (Å²) in [6, 6.07) is 5.09. The standard InChI is InChI=1S/C21H30N4O5/c1-23-18(26)9-8-17(20(23)27)25-16-7-3-5-15(19(16)24(2)21(25)28)6-4-11-29-13-14-30-12-10-22/h3,5,7,17H,4,6,8-14,22H2,1-2H3. The van der Waals surface area contributed by atoms with Crippen molar-refractivity contribution in [1.29, 1.82) is 0 Å². The highest BCUT2D eigenvalue weighted by molar-refractivity contribution is 6.00. The number of para-hydroxylation sites is 1. The lowest BCUT2D eigenvalue weighted by molar-refractivity contribution is -0.149. The SMILES string of the molecule is CN1C(=O)CCC(n2c(=O)n(C)c3c(CCCOCCOCCN)cccc32)C1=O. The number of hydrogen-bond acceptors (Lipinski definition) is 6. The molecule has 2 heterocycles. The van der Waals surface area contributed by atoms with Crippen LogP contribution in [0.2, 0.25) is 0 Å². The summed E-state index contributed by atoms with van der Waals surface area (Å²) in [5, 5.41) is 0. The lowest BCUT2D eigenvalue weighted by Crippen LogP contribution is -2.45. The molecule has 1 saturated heterocycles. The van der Waals surface area contributed by atoms with E-state index in [0.717, 1.165) is 34.3 Å². The fourth-order valence-electron chi connectivity index (χ4n) is 3.93. The number of carbonyl (C=O) groups is 2. The highest BCUT2D eigenvalue weighted by Gasteiger charge is 2.35. The predicted octanol–water partition coefficient (Wildman–Crippen LogP) is 0.584. The molecule has 0 aliphatic carbocycles. The summed E-state index contributed by atoms with van der Waals surface area (Å²) in [6.07, 6.45) is 2.14. The van der Waals surface area contributed by atoms with E-state index in [-0.39, 0.29) is 23.9 Å². The van der Waals surface area contributed by atoms with Crippen molar-refractivity contribution in [2.24, 2.45) is 12.8 Å². The Hall–Kier alpha value is -2.49. The molecule has 1 atom stereocenters. The highest BCUT2D eigenvalue weighted by atomic mass is 16.5. The van der Waals surface area contributed by atoms with Gasteiger partial charge in [-0.2, -0.15) is 0 Å². The van der Waals surface area contributed by atoms with Gasteiger partial charge < -0.3 is 15.2 Å². The Morgan fingerprint density at radius 3 is 2.53 bits per heavy atom. The topological polar surface area (TPSA) is 109 Å². The normalized spacial score (nSPS) is 17.3. The maximum absolute atomic E-state index is 13.0. The van der Waals surface area contributed by atoms with Crippen LogP contribution in [-0.2, 0) is 32.5 Å². The number of carbonyl (C=O) groups excluding carboxylic acids is 2. The van der Waals surface area contributed by atoms with Crippen LogP contribution in [-0.4, -0.2) is 65.9 Å². The number of aryl methyl sites for hydroxylation is 2. The van der Waals surface area contributed by atoms with Crippen molar-refractivity contribution >= 4 is 22.8 Å². The second-order valence-corrected chi connectivity index (χ2v) is 7.46. The van der Waals surface area contributed by atoms with Crippen LogP contribution in [0.4, 0.5) is 0 Å². The average Bonchev–Trinajstić information content (AvgIpc) is 3.00. The van der Waals surface area contributed by atoms with Crippen molar-refractivity contribution < 1.29 is 19.1 Å². The fraction of sp³-hybridized carbons (Fsp3) is 0.571. The number of amides is 2. The molecule has 1 aromatic heterocycles. The van der Waals surface area contributed by atoms with Crippen LogP contribution in [0.15, 0.2) is 23.0 Å². The summed E-state index contributed by atoms with van der Waals surface area (Å²) < 4.78 is 14.0. The van der Waals surface area contributed by atoms with Gasteiger partial charge in [0.25, 0.3) is 5.91 Å². The Balaban J connectivity index is 1.74. The summed E-state index contributed by atoms with van der Waals surface area (Å²) in [4.78, 5) is 38.6. The molecule has 0 bridgehead atoms. The zero-order valence-electron chi connectivity index (χ0n) is 17.6. The molecule has 1 aliphatic heterocycles. The first-order chi connectivity index (χ1) is 14.5. The van der Waals surface area contributed by atoms with E-state index in [9.17, 15) is 14.4 Å². The predicted molar refractivity (Wildman–Crippen MR) is 112 cm³/mol. The number of aromatic nitrogens is 2. The molecular formula is C21H30N4O5. The van der Waals surface area contributed by atoms with Gasteiger partial charge in [0.2, 0.25) is 5.91 Å². The molecule has 9 nitrogen and oxygen atoms in total. The third kappa shape index (κ3) is 4.48. The van der Waals surface area contributed by atoms with E-state index in [1.165, 1.54) is 11.6 Å². The lowest BCUT2D eigenvalue weighted by Gasteiger charge is -2.28. The first-order valence-electron chi connectivity index (χ1n) is 10.3. The molecule has 1 aromatic carbocycles. The molecule has 2 N–H and O–H groups in total. The zero-order chi connectivity index (χ0) is 21.7. The molecule has 1 fully saturated rings. The van der Waals surface area contributed by atoms with Gasteiger partial charge in [0.15, 0.2) is 0 Å². The number of ether oxygens (including phenoxy) is 2. The molecule has 2 amide bonds. The molecule has 0 saturated carbocycles. The highest BCUT2D eigenvalue weighted by Crippen LogP contribution is 2.27. The van der Waals surface area contributed by atoms with Crippen molar-refractivity contribution in [3.63, 3.8) is 0 Å². The average molecular weight is 418 g/mol. The quantitative estimate of drug-likeness (QED) is 0.447. The van der Waals surface area contributed by atoms with Crippen LogP contribution in [0, 0.1) is 0 Å². The molecule has 9 heteroatoms. The van der Waals surface area contributed by atoms with Gasteiger partial charge in [-0.05, 0) is 30.9 Å². The van der Waals surface area contributed by atoms with Gasteiger partial charge in [0, 0.05) is 33.7 Å². The van der Waals surface area contributed by atoms with Crippen molar-refractivity contribution in [2.45, 2.75) is 31.7 Å². The van der Waals surface area contributed by atoms with Gasteiger partial charge in [-0.15, -0.1) is 0 Å². The summed E-state index contributed by atoms with van der Waals surface area (Å²) in [5.74, 6) is -0.546. The molecule has 1 unspecified atom stereocenters. The van der Waals surface area contributed by atoms with E-state index in [2.05, 4.69) is 0 Å². The minimum atomic E-state index is -0.656. The Kier molecular flexibility index (Phi) is 7.41. The van der Waals surface area contributed by atoms with Crippen molar-refractivity contribution in [3.05, 3.63) is 34.2 Å². The molecule has 0 radical (unpaired) electrons. The van der Waals surface area contributed by atoms with Gasteiger partial charge in [0.1, 0.15) is 6.04 Å². The Labute approximate surface area is 175 Å². The summed E-state index contributed by atoms with van der Waals surface area (Å²) >= 11 is 0. The monoisotopic (exact) mass is 418 g/mol. The first-order valence-corrected chi connectivity index (χ1v) is 10.3. The molecule has 30 heavy (non-hydrogen) atoms. The van der Waals surface area contributed by atoms with Crippen molar-refractivity contribution in [2.75, 3.05) is 40.0 Å². The lowest BCUT2D eigenvalue weighted by atomic mass is 10.0. The number of fused-ring (bicyclic) bond motifs is 1. The number of nitrogens with two attached hydrogens (primary N) is 1. The molecule has 1 aliphatic rings. The molecule has 164 valence electrons. The van der Waals surface area contributed by atoms with Crippen LogP contribution in [0.25, 0.3) is 11.0 Å². The number of piperidine rings is 1. The van der Waals surface area contributed by atoms with Crippen LogP contribution in [0.3, 0.4) is 0 Å². The smallest absolute Gasteiger partial charge is 0.329 e. The fourth-order valence-corrected chi connectivity index (χ4v) is 3.93. The van der Waals surface area contributed by atoms with Crippen molar-refractivity contribution in [1.82, 2.24) is 14.0 Å². The summed E-state index contributed by atoms with van der Waals surface area (Å²) in [7, 11) is 3.19. The third-order valence-electron chi connectivity index (χ3n) is 5.49. The number of nitrogens with zero attached hydrogens (tertiary/aromatic N) is 3. The number of imide groups is 1. The zero-order valence-corrected chi connectivity index (χ0v) is 17.6. The second kappa shape index (κ2) is 10.0. The van der Waals surface area contributed by atoms with Crippen LogP contribution in [0.1, 0.15) is 30.9 Å². The minimum absolute atomic E-state index is 0.210. The van der Waals surface area contributed by atoms with E-state index in [1.54, 1.807) is 11.6 Å². The van der Waals surface area contributed by atoms with E-state index < -0.39 is 6.04 Å². The number of likely N-dealkylation sites (tertiary alicyclic amines) is 1. The third-order valence-corrected chi connectivity index (χ3v) is 5.49. The Bertz CT molecular complexity index is 964. The van der Waals surface area contributed by atoms with Crippen LogP contribution >= 0.6 is 0 Å². The van der Waals surface area contributed by atoms with E-state index >= 15 is 0 Å². The number of benzene rings is 1. The summed E-state index contributed by atoms with van der Waals surface area (Å²) in [6.45, 7) is 2.67. The van der Waals surface area contributed by atoms with E-state index in [4.69, 9.17) is 15.2 Å². The maximum Gasteiger partial charge on any atom is 0.329 e. The van der Waals surface area contributed by atoms with Crippen LogP contribution < -0.4 is 11.4 Å². The van der Waals surface area contributed by atoms with Crippen LogP contribution in [0.5, 0.6) is 0 Å². The first kappa shape index (κ1) is 22.2.